The molecule has 2 unspecified atom stereocenters. The Morgan fingerprint density at radius 3 is 1.68 bits per heavy atom. The van der Waals surface area contributed by atoms with Gasteiger partial charge in [0.05, 0.1) is 0 Å². The van der Waals surface area contributed by atoms with E-state index in [1.807, 2.05) is 0 Å². The molecule has 0 amide bonds. The quantitative estimate of drug-likeness (QED) is 0.447. The summed E-state index contributed by atoms with van der Waals surface area (Å²) in [5, 5.41) is 0. The summed E-state index contributed by atoms with van der Waals surface area (Å²) in [6.07, 6.45) is 10.6. The van der Waals surface area contributed by atoms with E-state index in [0.29, 0.717) is 0 Å². The molecule has 2 aromatic carbocycles. The van der Waals surface area contributed by atoms with E-state index in [-0.39, 0.29) is 7.25 Å². The fourth-order valence-electron chi connectivity index (χ4n) is 5.12. The molecule has 2 aromatic rings. The molecule has 0 aromatic heterocycles. The molecule has 0 spiro atoms. The van der Waals surface area contributed by atoms with Crippen LogP contribution in [0.4, 0.5) is 0 Å². The van der Waals surface area contributed by atoms with E-state index < -0.39 is 21.5 Å². The van der Waals surface area contributed by atoms with Gasteiger partial charge in [0.1, 0.15) is 0 Å². The average molecular weight is 464 g/mol. The maximum atomic E-state index is 7.90. The van der Waals surface area contributed by atoms with Gasteiger partial charge in [-0.1, -0.05) is 0 Å². The van der Waals surface area contributed by atoms with Gasteiger partial charge in [-0.15, -0.1) is 0 Å². The molecular weight excluding hydrogens is 442 g/mol. The van der Waals surface area contributed by atoms with E-state index in [4.69, 9.17) is 17.0 Å². The Kier molecular flexibility index (Phi) is 3.88. The van der Waals surface area contributed by atoms with E-state index in [1.54, 1.807) is 0 Å². The fraction of sp³-hybridized carbons (Fsp3) is 0.238. The minimum atomic E-state index is -4.13. The van der Waals surface area contributed by atoms with Crippen molar-refractivity contribution in [3.63, 3.8) is 0 Å². The monoisotopic (exact) mass is 461 g/mol. The molecule has 127 valence electrons. The van der Waals surface area contributed by atoms with Crippen molar-refractivity contribution in [2.45, 2.75) is 25.8 Å². The van der Waals surface area contributed by atoms with Crippen LogP contribution in [0.15, 0.2) is 60.7 Å². The molecule has 1 aliphatic heterocycles. The summed E-state index contributed by atoms with van der Waals surface area (Å²) < 4.78 is 0.553. The summed E-state index contributed by atoms with van der Waals surface area (Å²) in [6.45, 7) is 0. The van der Waals surface area contributed by atoms with Gasteiger partial charge in [-0.25, -0.2) is 0 Å². The first kappa shape index (κ1) is 16.8. The molecule has 0 radical (unpaired) electrons. The summed E-state index contributed by atoms with van der Waals surface area (Å²) in [7, 11) is 15.8. The van der Waals surface area contributed by atoms with Gasteiger partial charge in [-0.3, -0.25) is 0 Å². The molecule has 3 aliphatic rings. The van der Waals surface area contributed by atoms with Gasteiger partial charge in [-0.05, 0) is 0 Å². The van der Waals surface area contributed by atoms with Crippen LogP contribution >= 0.6 is 17.0 Å². The van der Waals surface area contributed by atoms with Crippen LogP contribution in [-0.4, -0.2) is 5.92 Å². The van der Waals surface area contributed by atoms with Crippen molar-refractivity contribution >= 4 is 35.1 Å². The van der Waals surface area contributed by atoms with Crippen LogP contribution in [0.5, 0.6) is 0 Å². The molecule has 0 saturated carbocycles. The number of fused-ring (bicyclic) bond motifs is 2. The van der Waals surface area contributed by atoms with Crippen LogP contribution < -0.4 is 0 Å². The summed E-state index contributed by atoms with van der Waals surface area (Å²) in [4.78, 5) is 0. The molecule has 2 aliphatic carbocycles. The molecule has 0 N–H and O–H groups in total. The first-order chi connectivity index (χ1) is 12.1. The van der Waals surface area contributed by atoms with Crippen molar-refractivity contribution < 1.29 is 15.6 Å². The normalized spacial score (nSPS) is 25.9. The van der Waals surface area contributed by atoms with Crippen LogP contribution in [0.25, 0.3) is 12.2 Å². The van der Waals surface area contributed by atoms with Crippen LogP contribution in [0.3, 0.4) is 0 Å². The van der Waals surface area contributed by atoms with Crippen LogP contribution in [-0.2, 0) is 15.6 Å². The third kappa shape index (κ3) is 2.27. The zero-order valence-corrected chi connectivity index (χ0v) is 19.2. The average Bonchev–Trinajstić information content (AvgIpc) is 3.18. The van der Waals surface area contributed by atoms with Crippen molar-refractivity contribution in [1.29, 1.82) is 0 Å². The summed E-state index contributed by atoms with van der Waals surface area (Å²) in [6, 6.07) is 20.1. The van der Waals surface area contributed by atoms with Crippen LogP contribution in [0, 0.1) is 0 Å². The Balaban J connectivity index is 1.71. The number of halogens is 2. The second-order valence-electron chi connectivity index (χ2n) is 7.79. The zero-order chi connectivity index (χ0) is 17.1. The molecule has 4 heteroatoms. The van der Waals surface area contributed by atoms with Crippen LogP contribution in [0.1, 0.15) is 35.9 Å². The summed E-state index contributed by atoms with van der Waals surface area (Å²) in [5.41, 5.74) is 5.40. The third-order valence-electron chi connectivity index (χ3n) is 6.67. The van der Waals surface area contributed by atoms with Gasteiger partial charge in [0.25, 0.3) is 0 Å². The van der Waals surface area contributed by atoms with Crippen molar-refractivity contribution in [3.8, 4) is 0 Å². The SMILES string of the molecule is [Cl][Zr]([Cl])([CH]1C=Cc2ccccc21)([CH]1C=Cc2ccccc21)[SiH]1CCC1. The Bertz CT molecular complexity index is 848. The molecule has 0 nitrogen and oxygen atoms in total. The van der Waals surface area contributed by atoms with Crippen LogP contribution in [0.2, 0.25) is 12.1 Å². The predicted octanol–water partition coefficient (Wildman–Crippen LogP) is 6.65. The first-order valence-corrected chi connectivity index (χ1v) is 24.8. The molecule has 2 atom stereocenters. The first-order valence-electron chi connectivity index (χ1n) is 9.20. The Labute approximate surface area is 158 Å². The number of allylic oxidation sites excluding steroid dienone is 2. The molecule has 0 bridgehead atoms. The number of hydrogen-bond acceptors (Lipinski definition) is 0. The molecule has 25 heavy (non-hydrogen) atoms. The van der Waals surface area contributed by atoms with Crippen molar-refractivity contribution in [1.82, 2.24) is 0 Å². The predicted molar refractivity (Wildman–Crippen MR) is 110 cm³/mol. The third-order valence-corrected chi connectivity index (χ3v) is 55.3. The maximum absolute atomic E-state index is 7.90. The second-order valence-corrected chi connectivity index (χ2v) is 48.3. The van der Waals surface area contributed by atoms with E-state index in [1.165, 1.54) is 40.8 Å². The second kappa shape index (κ2) is 5.80. The number of benzene rings is 2. The van der Waals surface area contributed by atoms with Crippen molar-refractivity contribution in [2.75, 3.05) is 0 Å². The van der Waals surface area contributed by atoms with Gasteiger partial charge >= 0.3 is 159 Å². The van der Waals surface area contributed by atoms with E-state index in [9.17, 15) is 0 Å². The molecular formula is C21H21Cl2SiZr. The van der Waals surface area contributed by atoms with Crippen molar-refractivity contribution in [3.05, 3.63) is 82.9 Å². The molecule has 1 heterocycles. The van der Waals surface area contributed by atoms with E-state index >= 15 is 0 Å². The van der Waals surface area contributed by atoms with Gasteiger partial charge in [-0.2, -0.15) is 0 Å². The molecule has 1 fully saturated rings. The minimum absolute atomic E-state index is 0.277. The molecule has 5 rings (SSSR count). The molecule has 1 saturated heterocycles. The Morgan fingerprint density at radius 2 is 1.24 bits per heavy atom. The Morgan fingerprint density at radius 1 is 0.760 bits per heavy atom. The van der Waals surface area contributed by atoms with E-state index in [0.717, 1.165) is 0 Å². The topological polar surface area (TPSA) is 0 Å². The standard InChI is InChI=1S/2C9H7.C3H7Si.2ClH.Zr/c2*1-2-5-9-7-3-6-8(9)4-1;1-2-4-3-1;;;/h2*1-7H;4H,1-3H2;2*1H;/q;;;;;+2/p-2. The fourth-order valence-corrected chi connectivity index (χ4v) is 49.8. The zero-order valence-electron chi connectivity index (χ0n) is 14.0. The number of rotatable bonds is 3. The van der Waals surface area contributed by atoms with Crippen molar-refractivity contribution in [2.24, 2.45) is 0 Å². The summed E-state index contributed by atoms with van der Waals surface area (Å²) >= 11 is -4.13. The summed E-state index contributed by atoms with van der Waals surface area (Å²) in [5.74, 6) is -1.13. The van der Waals surface area contributed by atoms with Gasteiger partial charge in [0.15, 0.2) is 0 Å². The van der Waals surface area contributed by atoms with Gasteiger partial charge < -0.3 is 0 Å². The number of hydrogen-bond donors (Lipinski definition) is 0. The van der Waals surface area contributed by atoms with E-state index in [2.05, 4.69) is 72.8 Å². The van der Waals surface area contributed by atoms with Gasteiger partial charge in [0, 0.05) is 0 Å². The van der Waals surface area contributed by atoms with Gasteiger partial charge in [0.2, 0.25) is 0 Å². The Hall–Kier alpha value is -0.400.